The number of hydrogen-bond acceptors (Lipinski definition) is 3. The summed E-state index contributed by atoms with van der Waals surface area (Å²) >= 11 is 11.4. The Hall–Kier alpha value is -0.320. The third kappa shape index (κ3) is 2.04. The van der Waals surface area contributed by atoms with E-state index in [0.29, 0.717) is 19.5 Å². The molecule has 6 heteroatoms. The fourth-order valence-electron chi connectivity index (χ4n) is 2.98. The summed E-state index contributed by atoms with van der Waals surface area (Å²) in [6.07, 6.45) is 0.478. The topological polar surface area (TPSA) is 40.6 Å². The zero-order valence-electron chi connectivity index (χ0n) is 10.9. The molecule has 1 amide bonds. The molecule has 0 aromatic rings. The van der Waals surface area contributed by atoms with E-state index in [9.17, 15) is 9.59 Å². The van der Waals surface area contributed by atoms with E-state index < -0.39 is 10.5 Å². The molecule has 2 aliphatic heterocycles. The Balaban J connectivity index is 2.39. The van der Waals surface area contributed by atoms with E-state index in [1.165, 1.54) is 0 Å². The highest BCUT2D eigenvalue weighted by molar-refractivity contribution is 6.53. The lowest BCUT2D eigenvalue weighted by Crippen LogP contribution is -2.69. The van der Waals surface area contributed by atoms with Crippen LogP contribution < -0.4 is 0 Å². The van der Waals surface area contributed by atoms with Gasteiger partial charge in [0, 0.05) is 26.1 Å². The van der Waals surface area contributed by atoms with Crippen molar-refractivity contribution in [3.8, 4) is 0 Å². The molecule has 18 heavy (non-hydrogen) atoms. The molecule has 2 fully saturated rings. The van der Waals surface area contributed by atoms with Gasteiger partial charge in [0.05, 0.1) is 0 Å². The molecule has 1 atom stereocenters. The van der Waals surface area contributed by atoms with Crippen LogP contribution in [-0.4, -0.2) is 51.6 Å². The molecule has 0 saturated carbocycles. The zero-order chi connectivity index (χ0) is 13.7. The van der Waals surface area contributed by atoms with Crippen LogP contribution in [0.25, 0.3) is 0 Å². The van der Waals surface area contributed by atoms with Crippen molar-refractivity contribution >= 4 is 34.9 Å². The van der Waals surface area contributed by atoms with E-state index in [0.717, 1.165) is 6.54 Å². The number of ketones is 1. The van der Waals surface area contributed by atoms with Gasteiger partial charge in [-0.05, 0) is 12.3 Å². The average Bonchev–Trinajstić information content (AvgIpc) is 2.54. The van der Waals surface area contributed by atoms with Crippen LogP contribution in [0.2, 0.25) is 0 Å². The largest absolute Gasteiger partial charge is 0.315 e. The summed E-state index contributed by atoms with van der Waals surface area (Å²) < 4.78 is 0. The molecule has 2 saturated heterocycles. The lowest BCUT2D eigenvalue weighted by Gasteiger charge is -2.53. The van der Waals surface area contributed by atoms with Crippen LogP contribution >= 0.6 is 23.2 Å². The molecule has 102 valence electrons. The van der Waals surface area contributed by atoms with E-state index >= 15 is 0 Å². The molecule has 1 unspecified atom stereocenters. The Bertz CT molecular complexity index is 398. The van der Waals surface area contributed by atoms with E-state index in [1.807, 2.05) is 0 Å². The van der Waals surface area contributed by atoms with Gasteiger partial charge in [-0.3, -0.25) is 14.5 Å². The SMILES string of the molecule is CC1(C)CN2CCC(=O)C2(C)N(C(=O)C(Cl)Cl)C1. The number of rotatable bonds is 1. The first-order chi connectivity index (χ1) is 8.18. The number of alkyl halides is 2. The molecule has 0 bridgehead atoms. The molecule has 4 nitrogen and oxygen atoms in total. The molecule has 0 aromatic heterocycles. The predicted octanol–water partition coefficient (Wildman–Crippen LogP) is 1.65. The first kappa shape index (κ1) is 14.1. The maximum Gasteiger partial charge on any atom is 0.257 e. The van der Waals surface area contributed by atoms with Gasteiger partial charge in [0.1, 0.15) is 0 Å². The second kappa shape index (κ2) is 4.36. The first-order valence-electron chi connectivity index (χ1n) is 6.06. The van der Waals surface area contributed by atoms with E-state index in [-0.39, 0.29) is 17.1 Å². The van der Waals surface area contributed by atoms with Gasteiger partial charge in [-0.25, -0.2) is 0 Å². The van der Waals surface area contributed by atoms with Crippen molar-refractivity contribution in [1.29, 1.82) is 0 Å². The molecule has 2 aliphatic rings. The maximum atomic E-state index is 12.2. The summed E-state index contributed by atoms with van der Waals surface area (Å²) in [5.74, 6) is -0.311. The highest BCUT2D eigenvalue weighted by Gasteiger charge is 2.56. The fourth-order valence-corrected chi connectivity index (χ4v) is 3.22. The van der Waals surface area contributed by atoms with E-state index in [2.05, 4.69) is 18.7 Å². The molecule has 0 aromatic carbocycles. The van der Waals surface area contributed by atoms with E-state index in [1.54, 1.807) is 11.8 Å². The van der Waals surface area contributed by atoms with Crippen molar-refractivity contribution in [2.24, 2.45) is 5.41 Å². The third-order valence-electron chi connectivity index (χ3n) is 3.94. The average molecular weight is 293 g/mol. The highest BCUT2D eigenvalue weighted by atomic mass is 35.5. The summed E-state index contributed by atoms with van der Waals surface area (Å²) in [6.45, 7) is 7.94. The van der Waals surface area contributed by atoms with Crippen molar-refractivity contribution in [2.75, 3.05) is 19.6 Å². The second-order valence-corrected chi connectivity index (χ2v) is 7.10. The van der Waals surface area contributed by atoms with Crippen LogP contribution in [0.5, 0.6) is 0 Å². The van der Waals surface area contributed by atoms with Gasteiger partial charge in [0.2, 0.25) is 0 Å². The second-order valence-electron chi connectivity index (χ2n) is 6.00. The maximum absolute atomic E-state index is 12.2. The number of nitrogens with zero attached hydrogens (tertiary/aromatic N) is 2. The summed E-state index contributed by atoms with van der Waals surface area (Å²) in [7, 11) is 0. The predicted molar refractivity (Wildman–Crippen MR) is 70.6 cm³/mol. The third-order valence-corrected chi connectivity index (χ3v) is 4.31. The zero-order valence-corrected chi connectivity index (χ0v) is 12.4. The molecule has 2 heterocycles. The summed E-state index contributed by atoms with van der Waals surface area (Å²) in [6, 6.07) is 0. The molecule has 2 rings (SSSR count). The standard InChI is InChI=1S/C12H18Cl2N2O2/c1-11(2)6-15-5-4-8(17)12(15,3)16(7-11)10(18)9(13)14/h9H,4-7H2,1-3H3. The number of halogens is 2. The summed E-state index contributed by atoms with van der Waals surface area (Å²) in [5, 5.41) is 0. The van der Waals surface area contributed by atoms with Gasteiger partial charge in [0.25, 0.3) is 5.91 Å². The van der Waals surface area contributed by atoms with Gasteiger partial charge < -0.3 is 4.90 Å². The Morgan fingerprint density at radius 2 is 1.89 bits per heavy atom. The lowest BCUT2D eigenvalue weighted by molar-refractivity contribution is -0.164. The molecule has 0 N–H and O–H groups in total. The van der Waals surface area contributed by atoms with Crippen molar-refractivity contribution in [3.63, 3.8) is 0 Å². The number of carbonyl (C=O) groups is 2. The smallest absolute Gasteiger partial charge is 0.257 e. The summed E-state index contributed by atoms with van der Waals surface area (Å²) in [4.78, 5) is 26.8. The Morgan fingerprint density at radius 1 is 1.28 bits per heavy atom. The monoisotopic (exact) mass is 292 g/mol. The Labute approximate surface area is 117 Å². The van der Waals surface area contributed by atoms with Crippen molar-refractivity contribution in [3.05, 3.63) is 0 Å². The lowest BCUT2D eigenvalue weighted by atomic mass is 9.86. The minimum absolute atomic E-state index is 0.0670. The molecule has 0 radical (unpaired) electrons. The van der Waals surface area contributed by atoms with Crippen molar-refractivity contribution in [1.82, 2.24) is 9.80 Å². The molecular weight excluding hydrogens is 275 g/mol. The van der Waals surface area contributed by atoms with Crippen molar-refractivity contribution in [2.45, 2.75) is 37.7 Å². The number of amides is 1. The highest BCUT2D eigenvalue weighted by Crippen LogP contribution is 2.39. The number of carbonyl (C=O) groups excluding carboxylic acids is 2. The van der Waals surface area contributed by atoms with E-state index in [4.69, 9.17) is 23.2 Å². The number of fused-ring (bicyclic) bond motifs is 1. The molecular formula is C12H18Cl2N2O2. The van der Waals surface area contributed by atoms with Gasteiger partial charge in [-0.15, -0.1) is 0 Å². The van der Waals surface area contributed by atoms with Crippen molar-refractivity contribution < 1.29 is 9.59 Å². The minimum Gasteiger partial charge on any atom is -0.315 e. The minimum atomic E-state index is -1.12. The van der Waals surface area contributed by atoms with Gasteiger partial charge in [-0.1, -0.05) is 37.0 Å². The van der Waals surface area contributed by atoms with Crippen LogP contribution in [0, 0.1) is 5.41 Å². The van der Waals surface area contributed by atoms with Gasteiger partial charge in [-0.2, -0.15) is 0 Å². The molecule has 0 aliphatic carbocycles. The van der Waals surface area contributed by atoms with Crippen LogP contribution in [-0.2, 0) is 9.59 Å². The number of hydrogen-bond donors (Lipinski definition) is 0. The van der Waals surface area contributed by atoms with Crippen LogP contribution in [0.1, 0.15) is 27.2 Å². The first-order valence-corrected chi connectivity index (χ1v) is 6.94. The fraction of sp³-hybridized carbons (Fsp3) is 0.833. The molecule has 0 spiro atoms. The number of Topliss-reactive ketones (excluding diaryl/α,β-unsaturated/α-hetero) is 1. The van der Waals surface area contributed by atoms with Crippen LogP contribution in [0.15, 0.2) is 0 Å². The van der Waals surface area contributed by atoms with Gasteiger partial charge >= 0.3 is 0 Å². The van der Waals surface area contributed by atoms with Gasteiger partial charge in [0.15, 0.2) is 16.3 Å². The Kier molecular flexibility index (Phi) is 3.41. The summed E-state index contributed by atoms with van der Waals surface area (Å²) in [5.41, 5.74) is -0.933. The Morgan fingerprint density at radius 3 is 2.44 bits per heavy atom. The van der Waals surface area contributed by atoms with Crippen LogP contribution in [0.3, 0.4) is 0 Å². The quantitative estimate of drug-likeness (QED) is 0.690. The normalized spacial score (nSPS) is 31.9. The van der Waals surface area contributed by atoms with Crippen LogP contribution in [0.4, 0.5) is 0 Å².